The van der Waals surface area contributed by atoms with Crippen molar-refractivity contribution in [3.05, 3.63) is 108 Å². The van der Waals surface area contributed by atoms with Gasteiger partial charge in [0.1, 0.15) is 0 Å². The molecular weight excluding hydrogens is 530 g/mol. The highest BCUT2D eigenvalue weighted by atomic mass is 16.1. The van der Waals surface area contributed by atoms with E-state index >= 15 is 0 Å². The van der Waals surface area contributed by atoms with Gasteiger partial charge in [0.2, 0.25) is 6.41 Å². The van der Waals surface area contributed by atoms with Crippen molar-refractivity contribution in [1.29, 1.82) is 0 Å². The van der Waals surface area contributed by atoms with E-state index in [0.29, 0.717) is 37.5 Å². The van der Waals surface area contributed by atoms with E-state index in [9.17, 15) is 4.79 Å². The fourth-order valence-corrected chi connectivity index (χ4v) is 4.29. The van der Waals surface area contributed by atoms with Gasteiger partial charge in [0.05, 0.1) is 6.34 Å². The van der Waals surface area contributed by atoms with Crippen LogP contribution in [-0.4, -0.2) is 45.0 Å². The summed E-state index contributed by atoms with van der Waals surface area (Å²) in [6.07, 6.45) is 10.5. The number of carbonyl (C=O) groups excluding carboxylic acids is 1. The van der Waals surface area contributed by atoms with E-state index in [1.54, 1.807) is 0 Å². The van der Waals surface area contributed by atoms with Gasteiger partial charge in [-0.1, -0.05) is 131 Å². The largest absolute Gasteiger partial charge is 0.390 e. The average Bonchev–Trinajstić information content (AvgIpc) is 3.08. The first-order valence-corrected chi connectivity index (χ1v) is 16.0. The molecule has 6 heteroatoms. The molecule has 1 fully saturated rings. The number of hydrogen-bond donors (Lipinski definition) is 4. The van der Waals surface area contributed by atoms with Crippen LogP contribution in [0.4, 0.5) is 0 Å². The maximum absolute atomic E-state index is 9.66. The van der Waals surface area contributed by atoms with E-state index in [-0.39, 0.29) is 0 Å². The average molecular weight is 590 g/mol. The Morgan fingerprint density at radius 2 is 1.33 bits per heavy atom. The first kappa shape index (κ1) is 39.5. The van der Waals surface area contributed by atoms with Crippen molar-refractivity contribution in [2.24, 2.45) is 16.5 Å². The van der Waals surface area contributed by atoms with Gasteiger partial charge in [-0.15, -0.1) is 0 Å². The molecule has 3 aromatic carbocycles. The number of carbonyl (C=O) groups is 1. The molecule has 1 aliphatic carbocycles. The van der Waals surface area contributed by atoms with Gasteiger partial charge in [-0.05, 0) is 56.3 Å². The Kier molecular flexibility index (Phi) is 26.3. The van der Waals surface area contributed by atoms with E-state index in [2.05, 4.69) is 114 Å². The van der Waals surface area contributed by atoms with Crippen molar-refractivity contribution in [2.75, 3.05) is 20.1 Å². The Hall–Kier alpha value is -3.48. The SMILES string of the molecule is CC.CC(c1ccccc1)c1ccccc1.CNC(C)Cc1ccccc1.NC1CCCCC1.NC=NCCCNC=O. The van der Waals surface area contributed by atoms with E-state index in [0.717, 1.165) is 12.8 Å². The third-order valence-corrected chi connectivity index (χ3v) is 6.92. The summed E-state index contributed by atoms with van der Waals surface area (Å²) in [5.41, 5.74) is 14.7. The second kappa shape index (κ2) is 28.6. The van der Waals surface area contributed by atoms with Gasteiger partial charge in [-0.2, -0.15) is 0 Å². The van der Waals surface area contributed by atoms with E-state index in [4.69, 9.17) is 11.5 Å². The van der Waals surface area contributed by atoms with Crippen LogP contribution >= 0.6 is 0 Å². The zero-order valence-corrected chi connectivity index (χ0v) is 27.4. The van der Waals surface area contributed by atoms with Crippen molar-refractivity contribution in [2.45, 2.75) is 90.6 Å². The van der Waals surface area contributed by atoms with Crippen LogP contribution in [0.1, 0.15) is 88.8 Å². The first-order chi connectivity index (χ1) is 21.0. The predicted octanol–water partition coefficient (Wildman–Crippen LogP) is 7.09. The van der Waals surface area contributed by atoms with Gasteiger partial charge < -0.3 is 22.1 Å². The lowest BCUT2D eigenvalue weighted by atomic mass is 9.93. The number of nitrogens with two attached hydrogens (primary N) is 2. The Bertz CT molecular complexity index is 969. The summed E-state index contributed by atoms with van der Waals surface area (Å²) in [5, 5.41) is 5.73. The fraction of sp³-hybridized carbons (Fsp3) is 0.459. The van der Waals surface area contributed by atoms with Crippen molar-refractivity contribution in [1.82, 2.24) is 10.6 Å². The van der Waals surface area contributed by atoms with Crippen molar-refractivity contribution in [3.63, 3.8) is 0 Å². The van der Waals surface area contributed by atoms with Crippen LogP contribution in [0.3, 0.4) is 0 Å². The van der Waals surface area contributed by atoms with Crippen LogP contribution in [0, 0.1) is 0 Å². The Morgan fingerprint density at radius 1 is 0.837 bits per heavy atom. The molecular formula is C37H59N5O. The molecule has 1 amide bonds. The standard InChI is InChI=1S/C14H14.C10H15N.C6H13N.C5H11N3O.C2H6/c1-12(13-8-4-2-5-9-13)14-10-6-3-7-11-14;1-9(11-2)8-10-6-4-3-5-7-10;7-6-4-2-1-3-5-6;6-4-7-2-1-3-8-5-9;1-2/h2-12H,1H3;3-7,9,11H,8H2,1-2H3;6H,1-5,7H2;4-5H,1-3H2,(H2,6,7)(H,8,9);1-2H3. The van der Waals surface area contributed by atoms with Crippen LogP contribution in [0.25, 0.3) is 0 Å². The number of nitrogens with zero attached hydrogens (tertiary/aromatic N) is 1. The highest BCUT2D eigenvalue weighted by Crippen LogP contribution is 2.23. The molecule has 43 heavy (non-hydrogen) atoms. The maximum Gasteiger partial charge on any atom is 0.207 e. The molecule has 0 aliphatic heterocycles. The zero-order valence-electron chi connectivity index (χ0n) is 27.4. The molecule has 1 saturated carbocycles. The molecule has 0 bridgehead atoms. The molecule has 0 aromatic heterocycles. The van der Waals surface area contributed by atoms with Gasteiger partial charge >= 0.3 is 0 Å². The highest BCUT2D eigenvalue weighted by Gasteiger charge is 2.07. The summed E-state index contributed by atoms with van der Waals surface area (Å²) < 4.78 is 0. The minimum Gasteiger partial charge on any atom is -0.390 e. The van der Waals surface area contributed by atoms with Crippen LogP contribution in [0.15, 0.2) is 96.0 Å². The summed E-state index contributed by atoms with van der Waals surface area (Å²) >= 11 is 0. The number of benzene rings is 3. The molecule has 6 N–H and O–H groups in total. The van der Waals surface area contributed by atoms with Crippen LogP contribution in [0.5, 0.6) is 0 Å². The molecule has 6 nitrogen and oxygen atoms in total. The first-order valence-electron chi connectivity index (χ1n) is 16.0. The monoisotopic (exact) mass is 589 g/mol. The molecule has 0 spiro atoms. The van der Waals surface area contributed by atoms with Crippen molar-refractivity contribution >= 4 is 12.7 Å². The summed E-state index contributed by atoms with van der Waals surface area (Å²) in [6.45, 7) is 9.77. The topological polar surface area (TPSA) is 106 Å². The number of amides is 1. The number of rotatable bonds is 10. The molecule has 1 aliphatic rings. The predicted molar refractivity (Wildman–Crippen MR) is 188 cm³/mol. The summed E-state index contributed by atoms with van der Waals surface area (Å²) in [4.78, 5) is 13.4. The molecule has 4 rings (SSSR count). The smallest absolute Gasteiger partial charge is 0.207 e. The molecule has 1 unspecified atom stereocenters. The molecule has 238 valence electrons. The van der Waals surface area contributed by atoms with Crippen LogP contribution in [0.2, 0.25) is 0 Å². The molecule has 0 saturated heterocycles. The maximum atomic E-state index is 9.66. The Labute approximate surface area is 262 Å². The lowest BCUT2D eigenvalue weighted by Crippen LogP contribution is -2.23. The van der Waals surface area contributed by atoms with Gasteiger partial charge in [-0.3, -0.25) is 9.79 Å². The van der Waals surface area contributed by atoms with E-state index in [1.165, 1.54) is 55.1 Å². The quantitative estimate of drug-likeness (QED) is 0.0877. The lowest BCUT2D eigenvalue weighted by molar-refractivity contribution is -0.109. The Morgan fingerprint density at radius 3 is 1.72 bits per heavy atom. The molecule has 3 aromatic rings. The fourth-order valence-electron chi connectivity index (χ4n) is 4.29. The normalized spacial score (nSPS) is 13.0. The minimum atomic E-state index is 0.484. The molecule has 0 heterocycles. The van der Waals surface area contributed by atoms with Crippen LogP contribution in [-0.2, 0) is 11.2 Å². The Balaban J connectivity index is 0.000000552. The summed E-state index contributed by atoms with van der Waals surface area (Å²) in [6, 6.07) is 32.8. The third kappa shape index (κ3) is 21.8. The number of aliphatic imine (C=N–C) groups is 1. The van der Waals surface area contributed by atoms with Gasteiger partial charge in [0.25, 0.3) is 0 Å². The van der Waals surface area contributed by atoms with E-state index in [1.807, 2.05) is 27.0 Å². The second-order valence-electron chi connectivity index (χ2n) is 10.3. The number of hydrogen-bond acceptors (Lipinski definition) is 4. The number of likely N-dealkylation sites (N-methyl/N-ethyl adjacent to an activating group) is 1. The molecule has 0 radical (unpaired) electrons. The lowest BCUT2D eigenvalue weighted by Gasteiger charge is -2.15. The highest BCUT2D eigenvalue weighted by molar-refractivity contribution is 5.51. The van der Waals surface area contributed by atoms with E-state index < -0.39 is 0 Å². The number of nitrogens with one attached hydrogen (secondary N) is 2. The van der Waals surface area contributed by atoms with Crippen molar-refractivity contribution in [3.8, 4) is 0 Å². The summed E-state index contributed by atoms with van der Waals surface area (Å²) in [7, 11) is 1.99. The third-order valence-electron chi connectivity index (χ3n) is 6.92. The van der Waals surface area contributed by atoms with Crippen molar-refractivity contribution < 1.29 is 4.79 Å². The van der Waals surface area contributed by atoms with Gasteiger partial charge in [0.15, 0.2) is 0 Å². The van der Waals surface area contributed by atoms with Crippen LogP contribution < -0.4 is 22.1 Å². The molecule has 1 atom stereocenters. The minimum absolute atomic E-state index is 0.484. The zero-order chi connectivity index (χ0) is 32.0. The summed E-state index contributed by atoms with van der Waals surface area (Å²) in [5.74, 6) is 0.484. The van der Waals surface area contributed by atoms with Gasteiger partial charge in [-0.25, -0.2) is 0 Å². The van der Waals surface area contributed by atoms with Gasteiger partial charge in [0, 0.05) is 31.1 Å². The second-order valence-corrected chi connectivity index (χ2v) is 10.3.